The summed E-state index contributed by atoms with van der Waals surface area (Å²) in [5.74, 6) is 2.44. The molecule has 2 fully saturated rings. The van der Waals surface area contributed by atoms with E-state index < -0.39 is 0 Å². The van der Waals surface area contributed by atoms with Crippen molar-refractivity contribution < 1.29 is 19.0 Å². The van der Waals surface area contributed by atoms with Crippen LogP contribution in [0.4, 0.5) is 0 Å². The van der Waals surface area contributed by atoms with Crippen molar-refractivity contribution in [3.8, 4) is 11.5 Å². The minimum atomic E-state index is -0.242. The van der Waals surface area contributed by atoms with E-state index in [1.54, 1.807) is 14.2 Å². The number of piperazine rings is 1. The molecule has 1 aromatic rings. The molecule has 1 atom stereocenters. The average molecular weight is 532 g/mol. The van der Waals surface area contributed by atoms with E-state index in [1.807, 2.05) is 30.0 Å². The van der Waals surface area contributed by atoms with Crippen molar-refractivity contribution in [2.24, 2.45) is 4.99 Å². The molecule has 0 saturated carbocycles. The van der Waals surface area contributed by atoms with Crippen LogP contribution in [0.5, 0.6) is 11.5 Å². The van der Waals surface area contributed by atoms with E-state index in [9.17, 15) is 4.79 Å². The van der Waals surface area contributed by atoms with Gasteiger partial charge in [0.1, 0.15) is 6.10 Å². The first-order valence-corrected chi connectivity index (χ1v) is 10.3. The van der Waals surface area contributed by atoms with Crippen molar-refractivity contribution >= 4 is 35.8 Å². The predicted molar refractivity (Wildman–Crippen MR) is 127 cm³/mol. The lowest BCUT2D eigenvalue weighted by Gasteiger charge is -2.37. The smallest absolute Gasteiger partial charge is 0.251 e. The van der Waals surface area contributed by atoms with Crippen molar-refractivity contribution in [1.82, 2.24) is 15.1 Å². The molecular formula is C21H33IN4O4. The zero-order chi connectivity index (χ0) is 20.6. The minimum absolute atomic E-state index is 0. The van der Waals surface area contributed by atoms with Gasteiger partial charge in [0.2, 0.25) is 0 Å². The molecule has 2 saturated heterocycles. The predicted octanol–water partition coefficient (Wildman–Crippen LogP) is 2.11. The maximum Gasteiger partial charge on any atom is 0.251 e. The summed E-state index contributed by atoms with van der Waals surface area (Å²) in [6, 6.07) is 5.92. The van der Waals surface area contributed by atoms with Gasteiger partial charge in [0, 0.05) is 46.4 Å². The lowest BCUT2D eigenvalue weighted by molar-refractivity contribution is -0.142. The molecule has 0 bridgehead atoms. The number of halogens is 1. The number of hydrogen-bond donors (Lipinski definition) is 1. The van der Waals surface area contributed by atoms with Gasteiger partial charge in [-0.1, -0.05) is 6.07 Å². The molecule has 0 spiro atoms. The first kappa shape index (κ1) is 24.5. The molecule has 30 heavy (non-hydrogen) atoms. The van der Waals surface area contributed by atoms with Gasteiger partial charge in [0.25, 0.3) is 5.91 Å². The van der Waals surface area contributed by atoms with Crippen LogP contribution in [0.3, 0.4) is 0 Å². The Hall–Kier alpha value is -1.75. The van der Waals surface area contributed by atoms with Crippen LogP contribution < -0.4 is 14.8 Å². The van der Waals surface area contributed by atoms with Crippen LogP contribution in [-0.2, 0) is 16.1 Å². The molecule has 1 N–H and O–H groups in total. The number of amides is 1. The Bertz CT molecular complexity index is 717. The van der Waals surface area contributed by atoms with E-state index in [0.29, 0.717) is 32.8 Å². The first-order valence-electron chi connectivity index (χ1n) is 10.3. The van der Waals surface area contributed by atoms with Gasteiger partial charge in [-0.25, -0.2) is 0 Å². The highest BCUT2D eigenvalue weighted by atomic mass is 127. The zero-order valence-electron chi connectivity index (χ0n) is 18.1. The van der Waals surface area contributed by atoms with E-state index in [4.69, 9.17) is 14.2 Å². The van der Waals surface area contributed by atoms with Crippen molar-refractivity contribution in [2.45, 2.75) is 32.4 Å². The van der Waals surface area contributed by atoms with E-state index in [-0.39, 0.29) is 36.0 Å². The molecule has 168 valence electrons. The molecular weight excluding hydrogens is 499 g/mol. The third-order valence-corrected chi connectivity index (χ3v) is 5.29. The highest BCUT2D eigenvalue weighted by Gasteiger charge is 2.30. The number of carbonyl (C=O) groups excluding carboxylic acids is 1. The second-order valence-corrected chi connectivity index (χ2v) is 7.13. The largest absolute Gasteiger partial charge is 0.493 e. The highest BCUT2D eigenvalue weighted by molar-refractivity contribution is 14.0. The SMILES string of the molecule is CCOc1cc(CNC(=NC)N2CCN(C(=O)C3CCCO3)CC2)ccc1OC.I. The van der Waals surface area contributed by atoms with Crippen LogP contribution in [0.1, 0.15) is 25.3 Å². The monoisotopic (exact) mass is 532 g/mol. The summed E-state index contributed by atoms with van der Waals surface area (Å²) in [6.07, 6.45) is 1.57. The van der Waals surface area contributed by atoms with Gasteiger partial charge in [-0.2, -0.15) is 0 Å². The summed E-state index contributed by atoms with van der Waals surface area (Å²) in [7, 11) is 3.42. The van der Waals surface area contributed by atoms with Gasteiger partial charge in [-0.05, 0) is 37.5 Å². The van der Waals surface area contributed by atoms with Crippen LogP contribution in [-0.4, -0.2) is 81.3 Å². The number of aliphatic imine (C=N–C) groups is 1. The Morgan fingerprint density at radius 1 is 1.23 bits per heavy atom. The number of guanidine groups is 1. The maximum atomic E-state index is 12.5. The first-order chi connectivity index (χ1) is 14.2. The molecule has 1 amide bonds. The van der Waals surface area contributed by atoms with Gasteiger partial charge < -0.3 is 29.3 Å². The average Bonchev–Trinajstić information content (AvgIpc) is 3.29. The van der Waals surface area contributed by atoms with Crippen LogP contribution >= 0.6 is 24.0 Å². The quantitative estimate of drug-likeness (QED) is 0.344. The second-order valence-electron chi connectivity index (χ2n) is 7.13. The number of methoxy groups -OCH3 is 1. The number of rotatable bonds is 6. The number of hydrogen-bond acceptors (Lipinski definition) is 5. The molecule has 2 heterocycles. The molecule has 0 aliphatic carbocycles. The van der Waals surface area contributed by atoms with E-state index in [1.165, 1.54) is 0 Å². The summed E-state index contributed by atoms with van der Waals surface area (Å²) in [4.78, 5) is 21.0. The number of carbonyl (C=O) groups is 1. The fraction of sp³-hybridized carbons (Fsp3) is 0.619. The molecule has 8 nitrogen and oxygen atoms in total. The molecule has 0 radical (unpaired) electrons. The molecule has 2 aliphatic rings. The maximum absolute atomic E-state index is 12.5. The molecule has 9 heteroatoms. The molecule has 1 aromatic carbocycles. The van der Waals surface area contributed by atoms with E-state index in [2.05, 4.69) is 15.2 Å². The summed E-state index contributed by atoms with van der Waals surface area (Å²) >= 11 is 0. The van der Waals surface area contributed by atoms with Crippen molar-refractivity contribution in [1.29, 1.82) is 0 Å². The van der Waals surface area contributed by atoms with Gasteiger partial charge in [-0.3, -0.25) is 9.79 Å². The van der Waals surface area contributed by atoms with Crippen LogP contribution in [0.15, 0.2) is 23.2 Å². The normalized spacial score (nSPS) is 19.3. The number of benzene rings is 1. The summed E-state index contributed by atoms with van der Waals surface area (Å²) < 4.78 is 16.5. The second kappa shape index (κ2) is 12.2. The highest BCUT2D eigenvalue weighted by Crippen LogP contribution is 2.28. The minimum Gasteiger partial charge on any atom is -0.493 e. The fourth-order valence-corrected chi connectivity index (χ4v) is 3.73. The molecule has 2 aliphatic heterocycles. The van der Waals surface area contributed by atoms with Gasteiger partial charge in [0.15, 0.2) is 17.5 Å². The van der Waals surface area contributed by atoms with Crippen LogP contribution in [0.2, 0.25) is 0 Å². The Morgan fingerprint density at radius 3 is 2.57 bits per heavy atom. The Balaban J connectivity index is 0.00000320. The lowest BCUT2D eigenvalue weighted by atomic mass is 10.2. The molecule has 0 aromatic heterocycles. The number of ether oxygens (including phenoxy) is 3. The van der Waals surface area contributed by atoms with Gasteiger partial charge in [0.05, 0.1) is 13.7 Å². The summed E-state index contributed by atoms with van der Waals surface area (Å²) in [5.41, 5.74) is 1.09. The van der Waals surface area contributed by atoms with Crippen molar-refractivity contribution in [2.75, 3.05) is 53.6 Å². The van der Waals surface area contributed by atoms with Gasteiger partial charge >= 0.3 is 0 Å². The van der Waals surface area contributed by atoms with E-state index in [0.717, 1.165) is 49.0 Å². The molecule has 3 rings (SSSR count). The Labute approximate surface area is 196 Å². The standard InChI is InChI=1S/C21H32N4O4.HI/c1-4-28-19-14-16(7-8-17(19)27-3)15-23-21(22-2)25-11-9-24(10-12-25)20(26)18-6-5-13-29-18;/h7-8,14,18H,4-6,9-13,15H2,1-3H3,(H,22,23);1H. The molecule has 1 unspecified atom stereocenters. The third-order valence-electron chi connectivity index (χ3n) is 5.29. The van der Waals surface area contributed by atoms with Crippen LogP contribution in [0.25, 0.3) is 0 Å². The topological polar surface area (TPSA) is 75.6 Å². The number of nitrogens with zero attached hydrogens (tertiary/aromatic N) is 3. The zero-order valence-corrected chi connectivity index (χ0v) is 20.4. The Kier molecular flexibility index (Phi) is 9.96. The third kappa shape index (κ3) is 6.13. The summed E-state index contributed by atoms with van der Waals surface area (Å²) in [6.45, 7) is 6.76. The number of nitrogens with one attached hydrogen (secondary N) is 1. The lowest BCUT2D eigenvalue weighted by Crippen LogP contribution is -2.55. The fourth-order valence-electron chi connectivity index (χ4n) is 3.73. The van der Waals surface area contributed by atoms with Crippen molar-refractivity contribution in [3.05, 3.63) is 23.8 Å². The van der Waals surface area contributed by atoms with E-state index >= 15 is 0 Å². The van der Waals surface area contributed by atoms with Crippen LogP contribution in [0, 0.1) is 0 Å². The van der Waals surface area contributed by atoms with Crippen molar-refractivity contribution in [3.63, 3.8) is 0 Å². The summed E-state index contributed by atoms with van der Waals surface area (Å²) in [5, 5.41) is 3.41. The Morgan fingerprint density at radius 2 is 1.97 bits per heavy atom. The van der Waals surface area contributed by atoms with Gasteiger partial charge in [-0.15, -0.1) is 24.0 Å².